The maximum absolute atomic E-state index is 13.8. The number of furan rings is 1. The van der Waals surface area contributed by atoms with Crippen LogP contribution >= 0.6 is 11.8 Å². The molecule has 2 N–H and O–H groups in total. The Kier molecular flexibility index (Phi) is 4.11. The monoisotopic (exact) mass is 335 g/mol. The number of nitrogens with zero attached hydrogens (tertiary/aromatic N) is 2. The molecule has 23 heavy (non-hydrogen) atoms. The first-order chi connectivity index (χ1) is 11.0. The quantitative estimate of drug-likeness (QED) is 0.656. The van der Waals surface area contributed by atoms with Crippen LogP contribution in [0.15, 0.2) is 39.1 Å². The van der Waals surface area contributed by atoms with Crippen molar-refractivity contribution in [1.29, 1.82) is 0 Å². The van der Waals surface area contributed by atoms with E-state index < -0.39 is 22.9 Å². The van der Waals surface area contributed by atoms with Crippen LogP contribution in [0.4, 0.5) is 4.39 Å². The molecule has 0 radical (unpaired) electrons. The van der Waals surface area contributed by atoms with E-state index in [4.69, 9.17) is 9.52 Å². The molecule has 1 aliphatic heterocycles. The van der Waals surface area contributed by atoms with E-state index in [0.29, 0.717) is 11.0 Å². The van der Waals surface area contributed by atoms with E-state index in [-0.39, 0.29) is 17.2 Å². The first-order valence-corrected chi connectivity index (χ1v) is 7.38. The Morgan fingerprint density at radius 3 is 3.09 bits per heavy atom. The molecule has 1 atom stereocenters. The van der Waals surface area contributed by atoms with Gasteiger partial charge in [-0.2, -0.15) is 5.10 Å². The molecule has 0 saturated carbocycles. The average molecular weight is 335 g/mol. The lowest BCUT2D eigenvalue weighted by molar-refractivity contribution is -0.138. The number of rotatable bonds is 4. The molecule has 1 saturated heterocycles. The molecule has 7 nitrogen and oxygen atoms in total. The van der Waals surface area contributed by atoms with E-state index >= 15 is 0 Å². The second kappa shape index (κ2) is 6.21. The van der Waals surface area contributed by atoms with Gasteiger partial charge < -0.3 is 14.8 Å². The second-order valence-corrected chi connectivity index (χ2v) is 5.83. The number of amides is 1. The highest BCUT2D eigenvalue weighted by atomic mass is 32.2. The Labute approximate surface area is 133 Å². The Morgan fingerprint density at radius 2 is 2.30 bits per heavy atom. The SMILES string of the molecule is O=C(O)CC1SC(=NN=Cc2c(F)ccc3occc23)NC1=O. The van der Waals surface area contributed by atoms with E-state index in [9.17, 15) is 14.0 Å². The van der Waals surface area contributed by atoms with Crippen molar-refractivity contribution in [3.63, 3.8) is 0 Å². The number of fused-ring (bicyclic) bond motifs is 1. The standard InChI is InChI=1S/C14H10FN3O4S/c15-9-1-2-10-7(3-4-22-10)8(9)6-16-18-14-17-13(21)11(23-14)5-12(19)20/h1-4,6,11H,5H2,(H,19,20)(H,17,18,21). The van der Waals surface area contributed by atoms with Crippen LogP contribution in [0.3, 0.4) is 0 Å². The zero-order valence-electron chi connectivity index (χ0n) is 11.5. The van der Waals surface area contributed by atoms with Gasteiger partial charge in [0.15, 0.2) is 5.17 Å². The predicted molar refractivity (Wildman–Crippen MR) is 83.0 cm³/mol. The van der Waals surface area contributed by atoms with Crippen molar-refractivity contribution < 1.29 is 23.5 Å². The van der Waals surface area contributed by atoms with E-state index in [0.717, 1.165) is 11.8 Å². The highest BCUT2D eigenvalue weighted by Crippen LogP contribution is 2.23. The number of hydrogen-bond donors (Lipinski definition) is 2. The molecule has 1 amide bonds. The van der Waals surface area contributed by atoms with Crippen molar-refractivity contribution in [3.05, 3.63) is 35.8 Å². The third-order valence-electron chi connectivity index (χ3n) is 3.10. The van der Waals surface area contributed by atoms with Crippen molar-refractivity contribution in [2.45, 2.75) is 11.7 Å². The number of carboxylic acid groups (broad SMARTS) is 1. The van der Waals surface area contributed by atoms with Crippen LogP contribution in [-0.4, -0.2) is 33.6 Å². The minimum atomic E-state index is -1.07. The van der Waals surface area contributed by atoms with Crippen molar-refractivity contribution in [2.75, 3.05) is 0 Å². The molecule has 118 valence electrons. The lowest BCUT2D eigenvalue weighted by Gasteiger charge is -1.98. The largest absolute Gasteiger partial charge is 0.481 e. The summed E-state index contributed by atoms with van der Waals surface area (Å²) in [7, 11) is 0. The topological polar surface area (TPSA) is 104 Å². The first kappa shape index (κ1) is 15.2. The van der Waals surface area contributed by atoms with Gasteiger partial charge >= 0.3 is 5.97 Å². The molecule has 0 spiro atoms. The van der Waals surface area contributed by atoms with Gasteiger partial charge in [-0.15, -0.1) is 5.10 Å². The van der Waals surface area contributed by atoms with Crippen LogP contribution < -0.4 is 5.32 Å². The van der Waals surface area contributed by atoms with Gasteiger partial charge in [0.2, 0.25) is 5.91 Å². The number of carboxylic acids is 1. The fourth-order valence-electron chi connectivity index (χ4n) is 2.06. The molecule has 3 rings (SSSR count). The maximum Gasteiger partial charge on any atom is 0.305 e. The molecule has 1 aliphatic rings. The molecular weight excluding hydrogens is 325 g/mol. The highest BCUT2D eigenvalue weighted by Gasteiger charge is 2.32. The highest BCUT2D eigenvalue weighted by molar-refractivity contribution is 8.15. The zero-order valence-corrected chi connectivity index (χ0v) is 12.3. The minimum Gasteiger partial charge on any atom is -0.481 e. The van der Waals surface area contributed by atoms with Crippen molar-refractivity contribution >= 4 is 46.0 Å². The van der Waals surface area contributed by atoms with Crippen LogP contribution in [0, 0.1) is 5.82 Å². The van der Waals surface area contributed by atoms with Gasteiger partial charge in [-0.25, -0.2) is 4.39 Å². The molecule has 1 aromatic heterocycles. The van der Waals surface area contributed by atoms with Gasteiger partial charge in [0, 0.05) is 10.9 Å². The molecule has 2 aromatic rings. The summed E-state index contributed by atoms with van der Waals surface area (Å²) < 4.78 is 19.0. The third kappa shape index (κ3) is 3.24. The molecule has 1 fully saturated rings. The van der Waals surface area contributed by atoms with Crippen molar-refractivity contribution in [1.82, 2.24) is 5.32 Å². The maximum atomic E-state index is 13.8. The van der Waals surface area contributed by atoms with Crippen molar-refractivity contribution in [2.24, 2.45) is 10.2 Å². The Hall–Kier alpha value is -2.68. The normalized spacial score (nSPS) is 19.8. The number of nitrogens with one attached hydrogen (secondary N) is 1. The Bertz CT molecular complexity index is 846. The number of aliphatic carboxylic acids is 1. The number of halogens is 1. The van der Waals surface area contributed by atoms with Gasteiger partial charge in [-0.1, -0.05) is 11.8 Å². The summed E-state index contributed by atoms with van der Waals surface area (Å²) in [5.41, 5.74) is 0.738. The van der Waals surface area contributed by atoms with Crippen molar-refractivity contribution in [3.8, 4) is 0 Å². The minimum absolute atomic E-state index is 0.178. The van der Waals surface area contributed by atoms with Gasteiger partial charge in [-0.3, -0.25) is 9.59 Å². The van der Waals surface area contributed by atoms with Crippen LogP contribution in [0.1, 0.15) is 12.0 Å². The van der Waals surface area contributed by atoms with E-state index in [2.05, 4.69) is 15.5 Å². The first-order valence-electron chi connectivity index (χ1n) is 6.50. The smallest absolute Gasteiger partial charge is 0.305 e. The predicted octanol–water partition coefficient (Wildman–Crippen LogP) is 1.97. The number of benzene rings is 1. The van der Waals surface area contributed by atoms with E-state index in [1.54, 1.807) is 6.07 Å². The van der Waals surface area contributed by atoms with Gasteiger partial charge in [-0.05, 0) is 18.2 Å². The van der Waals surface area contributed by atoms with Gasteiger partial charge in [0.05, 0.1) is 18.9 Å². The second-order valence-electron chi connectivity index (χ2n) is 4.64. The summed E-state index contributed by atoms with van der Waals surface area (Å²) >= 11 is 0.974. The average Bonchev–Trinajstić information content (AvgIpc) is 3.08. The molecule has 0 bridgehead atoms. The fraction of sp³-hybridized carbons (Fsp3) is 0.143. The lowest BCUT2D eigenvalue weighted by Crippen LogP contribution is -2.26. The van der Waals surface area contributed by atoms with Gasteiger partial charge in [0.1, 0.15) is 16.7 Å². The molecule has 1 aromatic carbocycles. The third-order valence-corrected chi connectivity index (χ3v) is 4.17. The summed E-state index contributed by atoms with van der Waals surface area (Å²) in [6.45, 7) is 0. The molecule has 0 aliphatic carbocycles. The number of amidine groups is 1. The number of thioether (sulfide) groups is 1. The van der Waals surface area contributed by atoms with Gasteiger partial charge in [0.25, 0.3) is 0 Å². The summed E-state index contributed by atoms with van der Waals surface area (Å²) in [6, 6.07) is 4.38. The van der Waals surface area contributed by atoms with Crippen LogP contribution in [0.5, 0.6) is 0 Å². The molecule has 1 unspecified atom stereocenters. The van der Waals surface area contributed by atoms with Crippen LogP contribution in [-0.2, 0) is 9.59 Å². The summed E-state index contributed by atoms with van der Waals surface area (Å²) in [4.78, 5) is 22.2. The number of carbonyl (C=O) groups is 2. The summed E-state index contributed by atoms with van der Waals surface area (Å²) in [5.74, 6) is -1.99. The fourth-order valence-corrected chi connectivity index (χ4v) is 2.97. The summed E-state index contributed by atoms with van der Waals surface area (Å²) in [6.07, 6.45) is 2.36. The number of hydrogen-bond acceptors (Lipinski definition) is 6. The van der Waals surface area contributed by atoms with Crippen LogP contribution in [0.25, 0.3) is 11.0 Å². The van der Waals surface area contributed by atoms with E-state index in [1.807, 2.05) is 0 Å². The number of carbonyl (C=O) groups excluding carboxylic acids is 1. The van der Waals surface area contributed by atoms with E-state index in [1.165, 1.54) is 24.6 Å². The Balaban J connectivity index is 1.78. The lowest BCUT2D eigenvalue weighted by atomic mass is 10.1. The Morgan fingerprint density at radius 1 is 1.48 bits per heavy atom. The summed E-state index contributed by atoms with van der Waals surface area (Å²) in [5, 5.41) is 18.7. The molecule has 2 heterocycles. The zero-order chi connectivity index (χ0) is 16.4. The molecule has 9 heteroatoms. The van der Waals surface area contributed by atoms with Crippen LogP contribution in [0.2, 0.25) is 0 Å². The molecular formula is C14H10FN3O4S.